The highest BCUT2D eigenvalue weighted by Crippen LogP contribution is 2.27. The first-order valence-corrected chi connectivity index (χ1v) is 6.65. The summed E-state index contributed by atoms with van der Waals surface area (Å²) in [5, 5.41) is 16.9. The molecule has 2 rings (SSSR count). The molecule has 19 heavy (non-hydrogen) atoms. The lowest BCUT2D eigenvalue weighted by atomic mass is 10.2. The number of anilines is 1. The first-order chi connectivity index (χ1) is 8.97. The number of thiazole rings is 1. The molecular weight excluding hydrogens is 264 g/mol. The number of aromatic nitrogens is 2. The maximum absolute atomic E-state index is 11.0. The van der Waals surface area contributed by atoms with E-state index in [1.54, 1.807) is 13.1 Å². The number of nitrogens with zero attached hydrogens (tertiary/aromatic N) is 3. The van der Waals surface area contributed by atoms with E-state index in [1.807, 2.05) is 19.2 Å². The van der Waals surface area contributed by atoms with Gasteiger partial charge in [0.2, 0.25) is 5.82 Å². The molecule has 1 atom stereocenters. The predicted molar refractivity (Wildman–Crippen MR) is 74.5 cm³/mol. The molecule has 7 heteroatoms. The average molecular weight is 278 g/mol. The lowest BCUT2D eigenvalue weighted by Gasteiger charge is -2.12. The lowest BCUT2D eigenvalue weighted by Crippen LogP contribution is -2.09. The molecular formula is C12H14N4O2S. The molecule has 0 aliphatic rings. The van der Waals surface area contributed by atoms with E-state index in [0.717, 1.165) is 16.3 Å². The van der Waals surface area contributed by atoms with Crippen molar-refractivity contribution in [1.29, 1.82) is 0 Å². The third kappa shape index (κ3) is 3.05. The maximum atomic E-state index is 11.0. The van der Waals surface area contributed by atoms with E-state index in [2.05, 4.69) is 15.3 Å². The van der Waals surface area contributed by atoms with Crippen LogP contribution in [-0.2, 0) is 0 Å². The van der Waals surface area contributed by atoms with Crippen LogP contribution < -0.4 is 5.32 Å². The average Bonchev–Trinajstić information content (AvgIpc) is 2.78. The van der Waals surface area contributed by atoms with Crippen LogP contribution in [0.5, 0.6) is 0 Å². The largest absolute Gasteiger partial charge is 0.355 e. The molecule has 6 nitrogen and oxygen atoms in total. The third-order valence-corrected chi connectivity index (χ3v) is 3.71. The molecule has 1 N–H and O–H groups in total. The predicted octanol–water partition coefficient (Wildman–Crippen LogP) is 3.24. The minimum Gasteiger partial charge on any atom is -0.355 e. The Bertz CT molecular complexity index is 612. The molecule has 0 amide bonds. The first-order valence-electron chi connectivity index (χ1n) is 5.77. The Kier molecular flexibility index (Phi) is 3.75. The van der Waals surface area contributed by atoms with E-state index in [9.17, 15) is 10.1 Å². The van der Waals surface area contributed by atoms with Gasteiger partial charge in [-0.2, -0.15) is 0 Å². The lowest BCUT2D eigenvalue weighted by molar-refractivity contribution is -0.384. The van der Waals surface area contributed by atoms with Gasteiger partial charge in [-0.25, -0.2) is 9.97 Å². The van der Waals surface area contributed by atoms with Gasteiger partial charge in [-0.1, -0.05) is 0 Å². The maximum Gasteiger partial charge on any atom is 0.311 e. The molecule has 0 aromatic carbocycles. The summed E-state index contributed by atoms with van der Waals surface area (Å²) in [5.41, 5.74) is 1.69. The molecule has 0 spiro atoms. The van der Waals surface area contributed by atoms with Gasteiger partial charge in [-0.15, -0.1) is 11.3 Å². The van der Waals surface area contributed by atoms with Crippen LogP contribution in [0, 0.1) is 24.0 Å². The standard InChI is InChI=1S/C12H14N4O2S/c1-7-4-10(16(17)18)11(13-5-7)15-9(3)12-14-8(2)6-19-12/h4-6,9H,1-3H3,(H,13,15). The molecule has 100 valence electrons. The van der Waals surface area contributed by atoms with Crippen LogP contribution >= 0.6 is 11.3 Å². The van der Waals surface area contributed by atoms with Crippen LogP contribution in [0.1, 0.15) is 29.2 Å². The zero-order valence-corrected chi connectivity index (χ0v) is 11.7. The number of rotatable bonds is 4. The molecule has 0 aliphatic carbocycles. The van der Waals surface area contributed by atoms with Crippen LogP contribution in [0.2, 0.25) is 0 Å². The zero-order chi connectivity index (χ0) is 14.0. The third-order valence-electron chi connectivity index (χ3n) is 2.56. The first kappa shape index (κ1) is 13.4. The topological polar surface area (TPSA) is 81.0 Å². The van der Waals surface area contributed by atoms with E-state index in [4.69, 9.17) is 0 Å². The summed E-state index contributed by atoms with van der Waals surface area (Å²) in [7, 11) is 0. The van der Waals surface area contributed by atoms with Gasteiger partial charge in [-0.3, -0.25) is 10.1 Å². The monoisotopic (exact) mass is 278 g/mol. The second-order valence-corrected chi connectivity index (χ2v) is 5.22. The Balaban J connectivity index is 2.26. The van der Waals surface area contributed by atoms with Gasteiger partial charge >= 0.3 is 5.69 Å². The molecule has 2 aromatic rings. The smallest absolute Gasteiger partial charge is 0.311 e. The van der Waals surface area contributed by atoms with Crippen LogP contribution in [0.15, 0.2) is 17.6 Å². The summed E-state index contributed by atoms with van der Waals surface area (Å²) in [4.78, 5) is 19.0. The Morgan fingerprint density at radius 1 is 1.47 bits per heavy atom. The highest BCUT2D eigenvalue weighted by atomic mass is 32.1. The van der Waals surface area contributed by atoms with Gasteiger partial charge in [0.15, 0.2) is 0 Å². The number of hydrogen-bond donors (Lipinski definition) is 1. The van der Waals surface area contributed by atoms with Crippen molar-refractivity contribution in [2.45, 2.75) is 26.8 Å². The number of pyridine rings is 1. The SMILES string of the molecule is Cc1cnc(NC(C)c2nc(C)cs2)c([N+](=O)[O-])c1. The number of hydrogen-bond acceptors (Lipinski definition) is 6. The number of aryl methyl sites for hydroxylation is 2. The highest BCUT2D eigenvalue weighted by molar-refractivity contribution is 7.09. The number of nitro groups is 1. The quantitative estimate of drug-likeness (QED) is 0.686. The van der Waals surface area contributed by atoms with E-state index < -0.39 is 4.92 Å². The van der Waals surface area contributed by atoms with Crippen LogP contribution in [-0.4, -0.2) is 14.9 Å². The summed E-state index contributed by atoms with van der Waals surface area (Å²) in [6.45, 7) is 5.60. The summed E-state index contributed by atoms with van der Waals surface area (Å²) in [6, 6.07) is 1.39. The van der Waals surface area contributed by atoms with Crippen molar-refractivity contribution in [1.82, 2.24) is 9.97 Å². The summed E-state index contributed by atoms with van der Waals surface area (Å²) < 4.78 is 0. The van der Waals surface area contributed by atoms with E-state index in [-0.39, 0.29) is 17.5 Å². The Morgan fingerprint density at radius 2 is 2.21 bits per heavy atom. The zero-order valence-electron chi connectivity index (χ0n) is 10.9. The van der Waals surface area contributed by atoms with Crippen LogP contribution in [0.4, 0.5) is 11.5 Å². The van der Waals surface area contributed by atoms with Gasteiger partial charge in [0.25, 0.3) is 0 Å². The fourth-order valence-corrected chi connectivity index (χ4v) is 2.45. The fraction of sp³-hybridized carbons (Fsp3) is 0.333. The van der Waals surface area contributed by atoms with Gasteiger partial charge in [0.1, 0.15) is 5.01 Å². The molecule has 2 heterocycles. The van der Waals surface area contributed by atoms with Crippen molar-refractivity contribution in [3.05, 3.63) is 44.0 Å². The number of nitrogens with one attached hydrogen (secondary N) is 1. The van der Waals surface area contributed by atoms with Crippen LogP contribution in [0.3, 0.4) is 0 Å². The fourth-order valence-electron chi connectivity index (χ4n) is 1.64. The van der Waals surface area contributed by atoms with Crippen molar-refractivity contribution >= 4 is 22.8 Å². The van der Waals surface area contributed by atoms with Crippen molar-refractivity contribution < 1.29 is 4.92 Å². The van der Waals surface area contributed by atoms with Gasteiger partial charge in [0.05, 0.1) is 11.0 Å². The van der Waals surface area contributed by atoms with E-state index in [0.29, 0.717) is 0 Å². The van der Waals surface area contributed by atoms with E-state index >= 15 is 0 Å². The molecule has 0 radical (unpaired) electrons. The van der Waals surface area contributed by atoms with Gasteiger partial charge in [-0.05, 0) is 26.3 Å². The van der Waals surface area contributed by atoms with E-state index in [1.165, 1.54) is 17.4 Å². The molecule has 0 fully saturated rings. The summed E-state index contributed by atoms with van der Waals surface area (Å²) >= 11 is 1.52. The molecule has 1 unspecified atom stereocenters. The molecule has 2 aromatic heterocycles. The Morgan fingerprint density at radius 3 is 2.79 bits per heavy atom. The molecule has 0 saturated carbocycles. The van der Waals surface area contributed by atoms with Crippen molar-refractivity contribution in [2.75, 3.05) is 5.32 Å². The van der Waals surface area contributed by atoms with Crippen molar-refractivity contribution in [3.63, 3.8) is 0 Å². The van der Waals surface area contributed by atoms with Crippen molar-refractivity contribution in [3.8, 4) is 0 Å². The van der Waals surface area contributed by atoms with Gasteiger partial charge < -0.3 is 5.32 Å². The van der Waals surface area contributed by atoms with Crippen molar-refractivity contribution in [2.24, 2.45) is 0 Å². The second-order valence-electron chi connectivity index (χ2n) is 4.33. The normalized spacial score (nSPS) is 12.2. The minimum absolute atomic E-state index is 0.0138. The van der Waals surface area contributed by atoms with Crippen LogP contribution in [0.25, 0.3) is 0 Å². The molecule has 0 bridgehead atoms. The second kappa shape index (κ2) is 5.31. The minimum atomic E-state index is -0.428. The summed E-state index contributed by atoms with van der Waals surface area (Å²) in [6.07, 6.45) is 1.61. The Labute approximate surface area is 114 Å². The summed E-state index contributed by atoms with van der Waals surface area (Å²) in [5.74, 6) is 0.274. The Hall–Kier alpha value is -2.02. The highest BCUT2D eigenvalue weighted by Gasteiger charge is 2.19. The van der Waals surface area contributed by atoms with Gasteiger partial charge in [0, 0.05) is 23.3 Å². The molecule has 0 saturated heterocycles. The molecule has 0 aliphatic heterocycles.